The molecule has 5 heteroatoms. The third-order valence-corrected chi connectivity index (χ3v) is 4.89. The predicted octanol–water partition coefficient (Wildman–Crippen LogP) is 3.87. The Balaban J connectivity index is 1.51. The lowest BCUT2D eigenvalue weighted by Crippen LogP contribution is -2.45. The minimum atomic E-state index is 0.103. The number of aromatic amines is 1. The van der Waals surface area contributed by atoms with E-state index in [4.69, 9.17) is 11.6 Å². The highest BCUT2D eigenvalue weighted by Gasteiger charge is 2.29. The number of nitrogens with one attached hydrogen (secondary N) is 2. The van der Waals surface area contributed by atoms with Gasteiger partial charge in [0.2, 0.25) is 0 Å². The van der Waals surface area contributed by atoms with Crippen LogP contribution in [0, 0.1) is 0 Å². The number of halogens is 1. The van der Waals surface area contributed by atoms with Gasteiger partial charge in [-0.25, -0.2) is 4.79 Å². The number of likely N-dealkylation sites (tertiary alicyclic amines) is 1. The van der Waals surface area contributed by atoms with Crippen LogP contribution in [0.25, 0.3) is 10.9 Å². The van der Waals surface area contributed by atoms with Crippen LogP contribution in [0.1, 0.15) is 37.3 Å². The lowest BCUT2D eigenvalue weighted by molar-refractivity contribution is 0.178. The Bertz CT molecular complexity index is 707. The van der Waals surface area contributed by atoms with Crippen LogP contribution in [0.2, 0.25) is 5.02 Å². The number of carbonyl (C=O) groups is 1. The molecule has 0 radical (unpaired) electrons. The van der Waals surface area contributed by atoms with Crippen LogP contribution in [0.4, 0.5) is 4.79 Å². The molecule has 1 atom stereocenters. The third-order valence-electron chi connectivity index (χ3n) is 4.66. The van der Waals surface area contributed by atoms with E-state index in [2.05, 4.69) is 16.4 Å². The highest BCUT2D eigenvalue weighted by molar-refractivity contribution is 6.31. The molecule has 22 heavy (non-hydrogen) atoms. The van der Waals surface area contributed by atoms with Gasteiger partial charge in [-0.15, -0.1) is 0 Å². The van der Waals surface area contributed by atoms with Gasteiger partial charge in [0, 0.05) is 46.7 Å². The van der Waals surface area contributed by atoms with Crippen molar-refractivity contribution in [1.82, 2.24) is 15.2 Å². The Hall–Kier alpha value is -1.68. The summed E-state index contributed by atoms with van der Waals surface area (Å²) in [5.41, 5.74) is 2.32. The Morgan fingerprint density at radius 3 is 2.95 bits per heavy atom. The van der Waals surface area contributed by atoms with Gasteiger partial charge in [0.25, 0.3) is 0 Å². The Morgan fingerprint density at radius 2 is 2.14 bits per heavy atom. The van der Waals surface area contributed by atoms with Gasteiger partial charge < -0.3 is 15.2 Å². The van der Waals surface area contributed by atoms with Gasteiger partial charge in [-0.3, -0.25) is 0 Å². The number of piperidine rings is 1. The Labute approximate surface area is 134 Å². The first kappa shape index (κ1) is 13.9. The average Bonchev–Trinajstić information content (AvgIpc) is 3.23. The largest absolute Gasteiger partial charge is 0.358 e. The van der Waals surface area contributed by atoms with Crippen LogP contribution in [0.3, 0.4) is 0 Å². The number of H-pyrrole nitrogens is 1. The lowest BCUT2D eigenvalue weighted by atomic mass is 9.95. The minimum Gasteiger partial charge on any atom is -0.358 e. The number of carbonyl (C=O) groups excluding carboxylic acids is 1. The normalized spacial score (nSPS) is 22.0. The van der Waals surface area contributed by atoms with Gasteiger partial charge in [0.1, 0.15) is 0 Å². The molecule has 1 aliphatic carbocycles. The van der Waals surface area contributed by atoms with Crippen molar-refractivity contribution < 1.29 is 4.79 Å². The second-order valence-electron chi connectivity index (χ2n) is 6.47. The maximum absolute atomic E-state index is 12.2. The van der Waals surface area contributed by atoms with Crippen molar-refractivity contribution in [2.45, 2.75) is 37.6 Å². The molecular weight excluding hydrogens is 298 g/mol. The zero-order valence-corrected chi connectivity index (χ0v) is 13.2. The number of urea groups is 1. The number of aromatic nitrogens is 1. The molecule has 2 fully saturated rings. The molecular formula is C17H20ClN3O. The lowest BCUT2D eigenvalue weighted by Gasteiger charge is -2.32. The van der Waals surface area contributed by atoms with Crippen molar-refractivity contribution in [3.8, 4) is 0 Å². The summed E-state index contributed by atoms with van der Waals surface area (Å²) < 4.78 is 0. The van der Waals surface area contributed by atoms with E-state index >= 15 is 0 Å². The van der Waals surface area contributed by atoms with Gasteiger partial charge in [0.05, 0.1) is 0 Å². The molecule has 4 rings (SSSR count). The van der Waals surface area contributed by atoms with Crippen LogP contribution in [0.5, 0.6) is 0 Å². The van der Waals surface area contributed by atoms with Gasteiger partial charge in [0.15, 0.2) is 0 Å². The zero-order chi connectivity index (χ0) is 15.1. The summed E-state index contributed by atoms with van der Waals surface area (Å²) >= 11 is 6.06. The molecule has 2 N–H and O–H groups in total. The zero-order valence-electron chi connectivity index (χ0n) is 12.4. The first-order valence-corrected chi connectivity index (χ1v) is 8.40. The number of hydrogen-bond donors (Lipinski definition) is 2. The molecule has 116 valence electrons. The van der Waals surface area contributed by atoms with E-state index in [9.17, 15) is 4.79 Å². The molecule has 2 aromatic rings. The molecule has 1 aliphatic heterocycles. The fraction of sp³-hybridized carbons (Fsp3) is 0.471. The second-order valence-corrected chi connectivity index (χ2v) is 6.90. The quantitative estimate of drug-likeness (QED) is 0.867. The number of hydrogen-bond acceptors (Lipinski definition) is 1. The highest BCUT2D eigenvalue weighted by atomic mass is 35.5. The number of nitrogens with zero attached hydrogens (tertiary/aromatic N) is 1. The van der Waals surface area contributed by atoms with E-state index < -0.39 is 0 Å². The fourth-order valence-electron chi connectivity index (χ4n) is 3.25. The molecule has 0 spiro atoms. The van der Waals surface area contributed by atoms with Crippen molar-refractivity contribution in [2.24, 2.45) is 0 Å². The monoisotopic (exact) mass is 317 g/mol. The Kier molecular flexibility index (Phi) is 3.49. The summed E-state index contributed by atoms with van der Waals surface area (Å²) in [4.78, 5) is 17.7. The number of amides is 2. The van der Waals surface area contributed by atoms with Gasteiger partial charge >= 0.3 is 6.03 Å². The summed E-state index contributed by atoms with van der Waals surface area (Å²) in [6.45, 7) is 1.65. The topological polar surface area (TPSA) is 48.1 Å². The van der Waals surface area contributed by atoms with Crippen LogP contribution < -0.4 is 5.32 Å². The summed E-state index contributed by atoms with van der Waals surface area (Å²) in [5, 5.41) is 4.99. The standard InChI is InChI=1S/C17H20ClN3O/c18-13-3-6-15-12(8-13)9-16(20-15)11-2-1-7-21(10-11)17(22)19-14-4-5-14/h3,6,8-9,11,14,20H,1-2,4-5,7,10H2,(H,19,22). The molecule has 1 saturated heterocycles. The number of fused-ring (bicyclic) bond motifs is 1. The van der Waals surface area contributed by atoms with Crippen molar-refractivity contribution in [3.63, 3.8) is 0 Å². The van der Waals surface area contributed by atoms with Gasteiger partial charge in [-0.05, 0) is 49.9 Å². The SMILES string of the molecule is O=C(NC1CC1)N1CCCC(c2cc3cc(Cl)ccc3[nH]2)C1. The number of rotatable bonds is 2. The van der Waals surface area contributed by atoms with Gasteiger partial charge in [-0.1, -0.05) is 11.6 Å². The van der Waals surface area contributed by atoms with E-state index in [-0.39, 0.29) is 6.03 Å². The second kappa shape index (κ2) is 5.51. The van der Waals surface area contributed by atoms with E-state index in [1.165, 1.54) is 5.69 Å². The van der Waals surface area contributed by atoms with Crippen molar-refractivity contribution in [1.29, 1.82) is 0 Å². The molecule has 1 unspecified atom stereocenters. The minimum absolute atomic E-state index is 0.103. The van der Waals surface area contributed by atoms with Crippen LogP contribution in [0.15, 0.2) is 24.3 Å². The molecule has 2 heterocycles. The third kappa shape index (κ3) is 2.80. The molecule has 0 bridgehead atoms. The van der Waals surface area contributed by atoms with E-state index in [1.54, 1.807) is 0 Å². The van der Waals surface area contributed by atoms with Crippen LogP contribution in [-0.4, -0.2) is 35.0 Å². The van der Waals surface area contributed by atoms with Crippen molar-refractivity contribution in [2.75, 3.05) is 13.1 Å². The smallest absolute Gasteiger partial charge is 0.317 e. The van der Waals surface area contributed by atoms with Crippen LogP contribution in [-0.2, 0) is 0 Å². The Morgan fingerprint density at radius 1 is 1.27 bits per heavy atom. The summed E-state index contributed by atoms with van der Waals surface area (Å²) in [5.74, 6) is 0.380. The van der Waals surface area contributed by atoms with Gasteiger partial charge in [-0.2, -0.15) is 0 Å². The van der Waals surface area contributed by atoms with Crippen molar-refractivity contribution >= 4 is 28.5 Å². The molecule has 1 saturated carbocycles. The number of benzene rings is 1. The summed E-state index contributed by atoms with van der Waals surface area (Å²) in [6.07, 6.45) is 4.43. The molecule has 2 amide bonds. The summed E-state index contributed by atoms with van der Waals surface area (Å²) in [6, 6.07) is 8.60. The first-order valence-electron chi connectivity index (χ1n) is 8.02. The van der Waals surface area contributed by atoms with Crippen molar-refractivity contribution in [3.05, 3.63) is 35.0 Å². The molecule has 2 aliphatic rings. The maximum Gasteiger partial charge on any atom is 0.317 e. The van der Waals surface area contributed by atoms with E-state index in [0.29, 0.717) is 12.0 Å². The summed E-state index contributed by atoms with van der Waals surface area (Å²) in [7, 11) is 0. The molecule has 1 aromatic carbocycles. The average molecular weight is 318 g/mol. The fourth-order valence-corrected chi connectivity index (χ4v) is 3.44. The maximum atomic E-state index is 12.2. The molecule has 4 nitrogen and oxygen atoms in total. The van der Waals surface area contributed by atoms with E-state index in [1.807, 2.05) is 23.1 Å². The van der Waals surface area contributed by atoms with Crippen LogP contribution >= 0.6 is 11.6 Å². The first-order chi connectivity index (χ1) is 10.7. The molecule has 1 aromatic heterocycles. The predicted molar refractivity (Wildman–Crippen MR) is 88.4 cm³/mol. The highest BCUT2D eigenvalue weighted by Crippen LogP contribution is 2.30. The van der Waals surface area contributed by atoms with E-state index in [0.717, 1.165) is 54.7 Å².